The summed E-state index contributed by atoms with van der Waals surface area (Å²) >= 11 is 5.92. The zero-order valence-corrected chi connectivity index (χ0v) is 15.8. The molecule has 1 N–H and O–H groups in total. The first-order chi connectivity index (χ1) is 13.2. The fraction of sp³-hybridized carbons (Fsp3) is 0.136. The number of anilines is 1. The summed E-state index contributed by atoms with van der Waals surface area (Å²) in [5, 5.41) is 4.97. The average Bonchev–Trinajstić information content (AvgIpc) is 2.70. The second-order valence-corrected chi connectivity index (χ2v) is 6.23. The van der Waals surface area contributed by atoms with E-state index in [9.17, 15) is 0 Å². The van der Waals surface area contributed by atoms with Crippen molar-refractivity contribution in [2.75, 3.05) is 12.0 Å². The second kappa shape index (κ2) is 9.64. The third kappa shape index (κ3) is 5.76. The van der Waals surface area contributed by atoms with Gasteiger partial charge in [-0.2, -0.15) is 5.10 Å². The lowest BCUT2D eigenvalue weighted by Crippen LogP contribution is -2.00. The summed E-state index contributed by atoms with van der Waals surface area (Å²) in [4.78, 5) is 0. The van der Waals surface area contributed by atoms with Crippen LogP contribution in [0, 0.1) is 0 Å². The Morgan fingerprint density at radius 1 is 0.926 bits per heavy atom. The fourth-order valence-electron chi connectivity index (χ4n) is 2.43. The van der Waals surface area contributed by atoms with Crippen LogP contribution in [0.1, 0.15) is 18.1 Å². The SMILES string of the molecule is CCOc1cc(/C=N\Nc2ccccc2)ccc1OCc1ccc(Cl)cc1. The highest BCUT2D eigenvalue weighted by Crippen LogP contribution is 2.29. The number of ether oxygens (including phenoxy) is 2. The van der Waals surface area contributed by atoms with Gasteiger partial charge in [0, 0.05) is 5.02 Å². The molecule has 0 heterocycles. The zero-order chi connectivity index (χ0) is 18.9. The monoisotopic (exact) mass is 380 g/mol. The first-order valence-corrected chi connectivity index (χ1v) is 9.10. The number of hydrogen-bond donors (Lipinski definition) is 1. The van der Waals surface area contributed by atoms with E-state index in [0.29, 0.717) is 29.7 Å². The van der Waals surface area contributed by atoms with E-state index >= 15 is 0 Å². The molecule has 0 amide bonds. The lowest BCUT2D eigenvalue weighted by atomic mass is 10.2. The van der Waals surface area contributed by atoms with Gasteiger partial charge in [-0.15, -0.1) is 0 Å². The summed E-state index contributed by atoms with van der Waals surface area (Å²) in [5.41, 5.74) is 5.89. The Labute approximate surface area is 164 Å². The van der Waals surface area contributed by atoms with Gasteiger partial charge in [0.25, 0.3) is 0 Å². The average molecular weight is 381 g/mol. The molecule has 0 aliphatic heterocycles. The minimum Gasteiger partial charge on any atom is -0.490 e. The van der Waals surface area contributed by atoms with Crippen LogP contribution in [-0.4, -0.2) is 12.8 Å². The maximum Gasteiger partial charge on any atom is 0.161 e. The Bertz CT molecular complexity index is 881. The van der Waals surface area contributed by atoms with Crippen LogP contribution < -0.4 is 14.9 Å². The predicted molar refractivity (Wildman–Crippen MR) is 111 cm³/mol. The Morgan fingerprint density at radius 3 is 2.44 bits per heavy atom. The summed E-state index contributed by atoms with van der Waals surface area (Å²) in [6.45, 7) is 2.95. The number of halogens is 1. The number of rotatable bonds is 8. The largest absolute Gasteiger partial charge is 0.490 e. The second-order valence-electron chi connectivity index (χ2n) is 5.79. The van der Waals surface area contributed by atoms with Crippen molar-refractivity contribution in [1.29, 1.82) is 0 Å². The molecule has 0 radical (unpaired) electrons. The minimum atomic E-state index is 0.445. The summed E-state index contributed by atoms with van der Waals surface area (Å²) in [6, 6.07) is 23.1. The number of nitrogens with zero attached hydrogens (tertiary/aromatic N) is 1. The van der Waals surface area contributed by atoms with Crippen LogP contribution in [0.25, 0.3) is 0 Å². The van der Waals surface area contributed by atoms with Gasteiger partial charge in [0.2, 0.25) is 0 Å². The van der Waals surface area contributed by atoms with Gasteiger partial charge in [-0.25, -0.2) is 0 Å². The molecule has 0 aromatic heterocycles. The van der Waals surface area contributed by atoms with Crippen molar-refractivity contribution in [2.45, 2.75) is 13.5 Å². The van der Waals surface area contributed by atoms with Crippen molar-refractivity contribution in [3.63, 3.8) is 0 Å². The van der Waals surface area contributed by atoms with E-state index in [4.69, 9.17) is 21.1 Å². The third-order valence-electron chi connectivity index (χ3n) is 3.76. The molecule has 5 heteroatoms. The van der Waals surface area contributed by atoms with Gasteiger partial charge < -0.3 is 9.47 Å². The van der Waals surface area contributed by atoms with Crippen molar-refractivity contribution in [2.24, 2.45) is 5.10 Å². The molecule has 0 bridgehead atoms. The normalized spacial score (nSPS) is 10.7. The van der Waals surface area contributed by atoms with Gasteiger partial charge in [0.15, 0.2) is 11.5 Å². The minimum absolute atomic E-state index is 0.445. The van der Waals surface area contributed by atoms with Gasteiger partial charge in [-0.3, -0.25) is 5.43 Å². The van der Waals surface area contributed by atoms with Gasteiger partial charge in [0.05, 0.1) is 18.5 Å². The number of benzene rings is 3. The van der Waals surface area contributed by atoms with E-state index in [2.05, 4.69) is 10.5 Å². The van der Waals surface area contributed by atoms with E-state index in [1.807, 2.05) is 79.7 Å². The molecule has 138 valence electrons. The van der Waals surface area contributed by atoms with Crippen molar-refractivity contribution >= 4 is 23.5 Å². The quantitative estimate of drug-likeness (QED) is 0.399. The van der Waals surface area contributed by atoms with Crippen LogP contribution >= 0.6 is 11.6 Å². The molecule has 0 aliphatic carbocycles. The Morgan fingerprint density at radius 2 is 1.70 bits per heavy atom. The van der Waals surface area contributed by atoms with Crippen molar-refractivity contribution in [3.05, 3.63) is 88.9 Å². The number of hydrazone groups is 1. The standard InChI is InChI=1S/C22H21ClN2O2/c1-2-26-22-14-18(15-24-25-20-6-4-3-5-7-20)10-13-21(22)27-16-17-8-11-19(23)12-9-17/h3-15,25H,2,16H2,1H3/b24-15-. The highest BCUT2D eigenvalue weighted by atomic mass is 35.5. The molecule has 0 unspecified atom stereocenters. The van der Waals surface area contributed by atoms with Crippen LogP contribution in [0.3, 0.4) is 0 Å². The summed E-state index contributed by atoms with van der Waals surface area (Å²) in [7, 11) is 0. The van der Waals surface area contributed by atoms with Crippen molar-refractivity contribution in [1.82, 2.24) is 0 Å². The molecule has 3 rings (SSSR count). The Kier molecular flexibility index (Phi) is 6.72. The molecule has 0 saturated heterocycles. The van der Waals surface area contributed by atoms with Crippen LogP contribution in [0.2, 0.25) is 5.02 Å². The molecular weight excluding hydrogens is 360 g/mol. The van der Waals surface area contributed by atoms with E-state index in [0.717, 1.165) is 16.8 Å². The van der Waals surface area contributed by atoms with Crippen molar-refractivity contribution in [3.8, 4) is 11.5 Å². The molecule has 0 aliphatic rings. The molecule has 0 fully saturated rings. The summed E-state index contributed by atoms with van der Waals surface area (Å²) in [6.07, 6.45) is 1.75. The van der Waals surface area contributed by atoms with Crippen LogP contribution in [0.15, 0.2) is 77.9 Å². The van der Waals surface area contributed by atoms with Crippen LogP contribution in [0.5, 0.6) is 11.5 Å². The number of nitrogens with one attached hydrogen (secondary N) is 1. The topological polar surface area (TPSA) is 42.8 Å². The van der Waals surface area contributed by atoms with E-state index in [-0.39, 0.29) is 0 Å². The maximum atomic E-state index is 5.92. The molecular formula is C22H21ClN2O2. The molecule has 0 saturated carbocycles. The first-order valence-electron chi connectivity index (χ1n) is 8.73. The van der Waals surface area contributed by atoms with Gasteiger partial charge in [-0.05, 0) is 60.5 Å². The van der Waals surface area contributed by atoms with Crippen molar-refractivity contribution < 1.29 is 9.47 Å². The number of hydrogen-bond acceptors (Lipinski definition) is 4. The smallest absolute Gasteiger partial charge is 0.161 e. The van der Waals surface area contributed by atoms with E-state index in [1.54, 1.807) is 6.21 Å². The lowest BCUT2D eigenvalue weighted by Gasteiger charge is -2.12. The third-order valence-corrected chi connectivity index (χ3v) is 4.01. The fourth-order valence-corrected chi connectivity index (χ4v) is 2.55. The summed E-state index contributed by atoms with van der Waals surface area (Å²) < 4.78 is 11.6. The highest BCUT2D eigenvalue weighted by molar-refractivity contribution is 6.30. The van der Waals surface area contributed by atoms with Gasteiger partial charge in [-0.1, -0.05) is 41.9 Å². The van der Waals surface area contributed by atoms with Gasteiger partial charge in [0.1, 0.15) is 6.61 Å². The zero-order valence-electron chi connectivity index (χ0n) is 15.1. The first kappa shape index (κ1) is 18.8. The Hall–Kier alpha value is -2.98. The maximum absolute atomic E-state index is 5.92. The molecule has 3 aromatic rings. The van der Waals surface area contributed by atoms with Crippen LogP contribution in [-0.2, 0) is 6.61 Å². The summed E-state index contributed by atoms with van der Waals surface area (Å²) in [5.74, 6) is 1.38. The molecule has 0 spiro atoms. The highest BCUT2D eigenvalue weighted by Gasteiger charge is 2.06. The molecule has 4 nitrogen and oxygen atoms in total. The lowest BCUT2D eigenvalue weighted by molar-refractivity contribution is 0.269. The van der Waals surface area contributed by atoms with Gasteiger partial charge >= 0.3 is 0 Å². The Balaban J connectivity index is 1.67. The number of para-hydroxylation sites is 1. The molecule has 3 aromatic carbocycles. The van der Waals surface area contributed by atoms with E-state index < -0.39 is 0 Å². The van der Waals surface area contributed by atoms with Crippen LogP contribution in [0.4, 0.5) is 5.69 Å². The molecule has 27 heavy (non-hydrogen) atoms. The molecule has 0 atom stereocenters. The predicted octanol–water partition coefficient (Wildman–Crippen LogP) is 5.76. The van der Waals surface area contributed by atoms with E-state index in [1.165, 1.54) is 0 Å².